The monoisotopic (exact) mass is 216 g/mol. The molecule has 1 rings (SSSR count). The van der Waals surface area contributed by atoms with Gasteiger partial charge in [0.1, 0.15) is 0 Å². The zero-order chi connectivity index (χ0) is 11.4. The molecule has 1 heterocycles. The summed E-state index contributed by atoms with van der Waals surface area (Å²) in [5.74, 6) is -1.10. The molecule has 0 spiro atoms. The third kappa shape index (κ3) is 2.69. The Morgan fingerprint density at radius 3 is 2.67 bits per heavy atom. The largest absolute Gasteiger partial charge is 0.481 e. The Hall–Kier alpha value is -1.56. The van der Waals surface area contributed by atoms with Crippen LogP contribution in [0.25, 0.3) is 0 Å². The number of nitrogens with two attached hydrogens (primary N) is 1. The van der Waals surface area contributed by atoms with Crippen molar-refractivity contribution in [2.24, 2.45) is 5.73 Å². The van der Waals surface area contributed by atoms with Gasteiger partial charge in [-0.2, -0.15) is 0 Å². The average Bonchev–Trinajstić information content (AvgIpc) is 2.16. The van der Waals surface area contributed by atoms with Crippen LogP contribution in [-0.4, -0.2) is 16.1 Å². The van der Waals surface area contributed by atoms with Crippen LogP contribution in [0, 0.1) is 0 Å². The number of alkyl halides is 2. The van der Waals surface area contributed by atoms with E-state index in [9.17, 15) is 13.6 Å². The lowest BCUT2D eigenvalue weighted by Gasteiger charge is -2.10. The highest BCUT2D eigenvalue weighted by Gasteiger charge is 2.16. The Bertz CT molecular complexity index is 369. The van der Waals surface area contributed by atoms with Crippen molar-refractivity contribution in [2.75, 3.05) is 0 Å². The second kappa shape index (κ2) is 4.79. The Kier molecular flexibility index (Phi) is 3.68. The van der Waals surface area contributed by atoms with Crippen LogP contribution in [0.15, 0.2) is 12.4 Å². The first-order valence-electron chi connectivity index (χ1n) is 4.22. The van der Waals surface area contributed by atoms with Crippen molar-refractivity contribution in [3.63, 3.8) is 0 Å². The van der Waals surface area contributed by atoms with Gasteiger partial charge in [0.05, 0.1) is 6.42 Å². The highest BCUT2D eigenvalue weighted by atomic mass is 19.3. The molecule has 0 amide bonds. The number of carboxylic acids is 1. The summed E-state index contributed by atoms with van der Waals surface area (Å²) in [5.41, 5.74) is 5.42. The zero-order valence-corrected chi connectivity index (χ0v) is 7.78. The van der Waals surface area contributed by atoms with Crippen molar-refractivity contribution in [2.45, 2.75) is 19.4 Å². The Morgan fingerprint density at radius 2 is 2.20 bits per heavy atom. The van der Waals surface area contributed by atoms with E-state index in [4.69, 9.17) is 10.8 Å². The number of hydrogen-bond donors (Lipinski definition) is 2. The van der Waals surface area contributed by atoms with E-state index in [1.807, 2.05) is 0 Å². The van der Waals surface area contributed by atoms with Gasteiger partial charge in [0.25, 0.3) is 6.43 Å². The molecule has 1 aromatic rings. The number of halogens is 2. The van der Waals surface area contributed by atoms with Gasteiger partial charge in [-0.3, -0.25) is 9.78 Å². The van der Waals surface area contributed by atoms with Crippen LogP contribution < -0.4 is 5.73 Å². The molecule has 0 aliphatic heterocycles. The molecule has 0 aliphatic carbocycles. The molecular formula is C9H10F2N2O2. The normalized spacial score (nSPS) is 10.7. The van der Waals surface area contributed by atoms with Crippen molar-refractivity contribution < 1.29 is 18.7 Å². The summed E-state index contributed by atoms with van der Waals surface area (Å²) >= 11 is 0. The predicted molar refractivity (Wildman–Crippen MR) is 48.4 cm³/mol. The lowest BCUT2D eigenvalue weighted by atomic mass is 10.0. The molecule has 1 aromatic heterocycles. The zero-order valence-electron chi connectivity index (χ0n) is 7.78. The minimum Gasteiger partial charge on any atom is -0.481 e. The van der Waals surface area contributed by atoms with Crippen LogP contribution in [0.3, 0.4) is 0 Å². The van der Waals surface area contributed by atoms with Crippen LogP contribution in [-0.2, 0) is 17.8 Å². The molecule has 0 saturated carbocycles. The maximum absolute atomic E-state index is 12.5. The quantitative estimate of drug-likeness (QED) is 0.790. The molecule has 15 heavy (non-hydrogen) atoms. The second-order valence-electron chi connectivity index (χ2n) is 2.94. The van der Waals surface area contributed by atoms with Gasteiger partial charge >= 0.3 is 5.97 Å². The van der Waals surface area contributed by atoms with Crippen LogP contribution >= 0.6 is 0 Å². The number of carboxylic acid groups (broad SMARTS) is 1. The minimum atomic E-state index is -2.69. The molecule has 0 aliphatic rings. The van der Waals surface area contributed by atoms with Gasteiger partial charge < -0.3 is 10.8 Å². The van der Waals surface area contributed by atoms with E-state index in [2.05, 4.69) is 4.98 Å². The first-order valence-corrected chi connectivity index (χ1v) is 4.22. The van der Waals surface area contributed by atoms with Crippen molar-refractivity contribution in [3.05, 3.63) is 29.1 Å². The number of rotatable bonds is 4. The fourth-order valence-corrected chi connectivity index (χ4v) is 1.30. The molecule has 0 bridgehead atoms. The standard InChI is InChI=1S/C9H10F2N2O2/c10-9(11)7-4-13-3-5(1-8(14)15)6(7)2-12/h3-4,9H,1-2,12H2,(H,14,15). The van der Waals surface area contributed by atoms with Gasteiger partial charge in [0.15, 0.2) is 0 Å². The maximum Gasteiger partial charge on any atom is 0.307 e. The highest BCUT2D eigenvalue weighted by molar-refractivity contribution is 5.70. The topological polar surface area (TPSA) is 76.2 Å². The van der Waals surface area contributed by atoms with Crippen molar-refractivity contribution >= 4 is 5.97 Å². The summed E-state index contributed by atoms with van der Waals surface area (Å²) in [7, 11) is 0. The first-order chi connectivity index (χ1) is 7.06. The molecule has 6 heteroatoms. The molecular weight excluding hydrogens is 206 g/mol. The number of nitrogens with zero attached hydrogens (tertiary/aromatic N) is 1. The molecule has 0 unspecified atom stereocenters. The third-order valence-electron chi connectivity index (χ3n) is 1.96. The van der Waals surface area contributed by atoms with Gasteiger partial charge in [-0.05, 0) is 11.1 Å². The van der Waals surface area contributed by atoms with E-state index in [0.29, 0.717) is 0 Å². The first kappa shape index (κ1) is 11.5. The van der Waals surface area contributed by atoms with Crippen molar-refractivity contribution in [1.29, 1.82) is 0 Å². The predicted octanol–water partition coefficient (Wildman–Crippen LogP) is 1.10. The van der Waals surface area contributed by atoms with E-state index >= 15 is 0 Å². The van der Waals surface area contributed by atoms with E-state index in [0.717, 1.165) is 6.20 Å². The second-order valence-corrected chi connectivity index (χ2v) is 2.94. The van der Waals surface area contributed by atoms with E-state index in [-0.39, 0.29) is 29.7 Å². The van der Waals surface area contributed by atoms with Gasteiger partial charge in [-0.15, -0.1) is 0 Å². The van der Waals surface area contributed by atoms with Crippen molar-refractivity contribution in [3.8, 4) is 0 Å². The Morgan fingerprint density at radius 1 is 1.53 bits per heavy atom. The van der Waals surface area contributed by atoms with Crippen LogP contribution in [0.4, 0.5) is 8.78 Å². The molecule has 4 nitrogen and oxygen atoms in total. The van der Waals surface area contributed by atoms with Crippen LogP contribution in [0.2, 0.25) is 0 Å². The fraction of sp³-hybridized carbons (Fsp3) is 0.333. The molecule has 0 radical (unpaired) electrons. The Labute approximate surface area is 84.7 Å². The summed E-state index contributed by atoms with van der Waals surface area (Å²) < 4.78 is 25.0. The van der Waals surface area contributed by atoms with Crippen molar-refractivity contribution in [1.82, 2.24) is 4.98 Å². The number of carbonyl (C=O) groups is 1. The third-order valence-corrected chi connectivity index (χ3v) is 1.96. The number of pyridine rings is 1. The summed E-state index contributed by atoms with van der Waals surface area (Å²) in [6.45, 7) is -0.120. The number of hydrogen-bond acceptors (Lipinski definition) is 3. The molecule has 0 fully saturated rings. The molecule has 82 valence electrons. The van der Waals surface area contributed by atoms with Gasteiger partial charge in [0.2, 0.25) is 0 Å². The maximum atomic E-state index is 12.5. The van der Waals surface area contributed by atoms with Crippen LogP contribution in [0.1, 0.15) is 23.1 Å². The molecule has 0 aromatic carbocycles. The summed E-state index contributed by atoms with van der Waals surface area (Å²) in [5, 5.41) is 8.56. The van der Waals surface area contributed by atoms with E-state index in [1.54, 1.807) is 0 Å². The Balaban J connectivity index is 3.15. The van der Waals surface area contributed by atoms with Gasteiger partial charge in [0, 0.05) is 24.5 Å². The molecule has 0 saturated heterocycles. The lowest BCUT2D eigenvalue weighted by molar-refractivity contribution is -0.136. The summed E-state index contributed by atoms with van der Waals surface area (Å²) in [6.07, 6.45) is -0.773. The lowest BCUT2D eigenvalue weighted by Crippen LogP contribution is -2.11. The SMILES string of the molecule is NCc1c(CC(=O)O)cncc1C(F)F. The minimum absolute atomic E-state index is 0.120. The average molecular weight is 216 g/mol. The smallest absolute Gasteiger partial charge is 0.307 e. The summed E-state index contributed by atoms with van der Waals surface area (Å²) in [4.78, 5) is 14.0. The number of aromatic nitrogens is 1. The van der Waals surface area contributed by atoms with Gasteiger partial charge in [-0.25, -0.2) is 8.78 Å². The van der Waals surface area contributed by atoms with Gasteiger partial charge in [-0.1, -0.05) is 0 Å². The highest BCUT2D eigenvalue weighted by Crippen LogP contribution is 2.24. The van der Waals surface area contributed by atoms with E-state index in [1.165, 1.54) is 6.20 Å². The molecule has 0 atom stereocenters. The molecule has 3 N–H and O–H groups in total. The summed E-state index contributed by atoms with van der Waals surface area (Å²) in [6, 6.07) is 0. The fourth-order valence-electron chi connectivity index (χ4n) is 1.30. The van der Waals surface area contributed by atoms with E-state index < -0.39 is 12.4 Å². The van der Waals surface area contributed by atoms with Crippen LogP contribution in [0.5, 0.6) is 0 Å². The number of aliphatic carboxylic acids is 1.